The molecule has 6 heteroatoms. The monoisotopic (exact) mass is 530 g/mol. The second-order valence-corrected chi connectivity index (χ2v) is 10.1. The number of rotatable bonds is 5. The van der Waals surface area contributed by atoms with Gasteiger partial charge in [-0.1, -0.05) is 54.6 Å². The molecular weight excluding hydrogens is 500 g/mol. The number of carbonyl (C=O) groups excluding carboxylic acids is 2. The van der Waals surface area contributed by atoms with E-state index < -0.39 is 6.04 Å². The first-order chi connectivity index (χ1) is 19.6. The summed E-state index contributed by atoms with van der Waals surface area (Å²) in [5.74, 6) is 1.34. The molecule has 0 radical (unpaired) electrons. The minimum Gasteiger partial charge on any atom is -0.497 e. The summed E-state index contributed by atoms with van der Waals surface area (Å²) in [6.45, 7) is 0. The number of amides is 1. The van der Waals surface area contributed by atoms with E-state index in [2.05, 4.69) is 5.32 Å². The Hall–Kier alpha value is -4.84. The molecule has 0 saturated heterocycles. The highest BCUT2D eigenvalue weighted by Gasteiger charge is 2.41. The van der Waals surface area contributed by atoms with Gasteiger partial charge in [-0.15, -0.1) is 0 Å². The largest absolute Gasteiger partial charge is 0.497 e. The molecule has 1 aliphatic heterocycles. The van der Waals surface area contributed by atoms with Gasteiger partial charge in [-0.05, 0) is 72.0 Å². The lowest BCUT2D eigenvalue weighted by molar-refractivity contribution is -0.116. The second kappa shape index (κ2) is 10.7. The van der Waals surface area contributed by atoms with E-state index in [1.54, 1.807) is 19.1 Å². The number of ether oxygens (including phenoxy) is 2. The van der Waals surface area contributed by atoms with Crippen molar-refractivity contribution >= 4 is 23.1 Å². The van der Waals surface area contributed by atoms with Crippen LogP contribution in [0, 0.1) is 0 Å². The van der Waals surface area contributed by atoms with Crippen molar-refractivity contribution in [2.24, 2.45) is 0 Å². The average molecular weight is 531 g/mol. The van der Waals surface area contributed by atoms with Crippen molar-refractivity contribution in [2.45, 2.75) is 24.8 Å². The molecule has 1 aliphatic carbocycles. The molecule has 0 saturated carbocycles. The van der Waals surface area contributed by atoms with Crippen LogP contribution in [-0.2, 0) is 4.79 Å². The molecule has 1 amide bonds. The number of allylic oxidation sites excluding steroid dienone is 1. The standard InChI is InChI=1S/C34H30N2O4/c1-39-26-16-12-22(13-17-26)25-20-29-32(31(37)21-25)33(23-14-18-27(40-2)19-15-23)36(30-11-7-6-10-28(30)35-29)34(38)24-8-4-3-5-9-24/h3-19,25,33,35H,20-21H2,1-2H3. The lowest BCUT2D eigenvalue weighted by atomic mass is 9.78. The summed E-state index contributed by atoms with van der Waals surface area (Å²) in [6, 6.07) is 31.9. The molecule has 1 N–H and O–H groups in total. The molecule has 6 nitrogen and oxygen atoms in total. The molecule has 4 aromatic rings. The van der Waals surface area contributed by atoms with Crippen LogP contribution in [0.4, 0.5) is 11.4 Å². The predicted octanol–water partition coefficient (Wildman–Crippen LogP) is 6.92. The molecular formula is C34H30N2O4. The van der Waals surface area contributed by atoms with E-state index in [0.717, 1.165) is 33.9 Å². The van der Waals surface area contributed by atoms with Crippen LogP contribution in [0.1, 0.15) is 46.3 Å². The number of anilines is 2. The molecule has 6 rings (SSSR count). The minimum atomic E-state index is -0.617. The van der Waals surface area contributed by atoms with Crippen molar-refractivity contribution in [3.8, 4) is 11.5 Å². The van der Waals surface area contributed by atoms with Crippen molar-refractivity contribution in [1.82, 2.24) is 0 Å². The van der Waals surface area contributed by atoms with Gasteiger partial charge in [0.1, 0.15) is 11.5 Å². The Labute approximate surface area is 233 Å². The summed E-state index contributed by atoms with van der Waals surface area (Å²) in [5.41, 5.74) is 5.45. The number of nitrogens with zero attached hydrogens (tertiary/aromatic N) is 1. The zero-order valence-electron chi connectivity index (χ0n) is 22.5. The van der Waals surface area contributed by atoms with Crippen molar-refractivity contribution < 1.29 is 19.1 Å². The van der Waals surface area contributed by atoms with E-state index in [4.69, 9.17) is 9.47 Å². The van der Waals surface area contributed by atoms with Gasteiger partial charge in [0.05, 0.1) is 31.6 Å². The zero-order valence-corrected chi connectivity index (χ0v) is 22.5. The Morgan fingerprint density at radius 2 is 1.35 bits per heavy atom. The first-order valence-corrected chi connectivity index (χ1v) is 13.4. The average Bonchev–Trinajstić information content (AvgIpc) is 3.16. The molecule has 0 spiro atoms. The van der Waals surface area contributed by atoms with E-state index in [1.165, 1.54) is 0 Å². The predicted molar refractivity (Wildman–Crippen MR) is 156 cm³/mol. The van der Waals surface area contributed by atoms with Crippen LogP contribution in [-0.4, -0.2) is 25.9 Å². The van der Waals surface area contributed by atoms with Gasteiger partial charge < -0.3 is 14.8 Å². The van der Waals surface area contributed by atoms with E-state index >= 15 is 0 Å². The third kappa shape index (κ3) is 4.62. The smallest absolute Gasteiger partial charge is 0.259 e. The highest BCUT2D eigenvalue weighted by atomic mass is 16.5. The third-order valence-corrected chi connectivity index (χ3v) is 7.75. The van der Waals surface area contributed by atoms with Crippen LogP contribution < -0.4 is 19.7 Å². The number of ketones is 1. The maximum absolute atomic E-state index is 14.3. The van der Waals surface area contributed by atoms with Crippen molar-refractivity contribution in [1.29, 1.82) is 0 Å². The number of nitrogens with one attached hydrogen (secondary N) is 1. The summed E-state index contributed by atoms with van der Waals surface area (Å²) in [5, 5.41) is 3.59. The molecule has 1 heterocycles. The Bertz CT molecular complexity index is 1580. The number of methoxy groups -OCH3 is 2. The topological polar surface area (TPSA) is 67.9 Å². The van der Waals surface area contributed by atoms with Gasteiger partial charge >= 0.3 is 0 Å². The first kappa shape index (κ1) is 25.4. The number of hydrogen-bond donors (Lipinski definition) is 1. The molecule has 0 aromatic heterocycles. The zero-order chi connectivity index (χ0) is 27.6. The van der Waals surface area contributed by atoms with E-state index in [9.17, 15) is 9.59 Å². The fourth-order valence-electron chi connectivity index (χ4n) is 5.75. The van der Waals surface area contributed by atoms with Crippen LogP contribution in [0.3, 0.4) is 0 Å². The van der Waals surface area contributed by atoms with Gasteiger partial charge in [0, 0.05) is 23.3 Å². The molecule has 2 atom stereocenters. The highest BCUT2D eigenvalue weighted by Crippen LogP contribution is 2.48. The highest BCUT2D eigenvalue weighted by molar-refractivity contribution is 6.12. The van der Waals surface area contributed by atoms with Crippen LogP contribution in [0.5, 0.6) is 11.5 Å². The fourth-order valence-corrected chi connectivity index (χ4v) is 5.75. The number of Topliss-reactive ketones (excluding diaryl/α,β-unsaturated/α-hetero) is 1. The summed E-state index contributed by atoms with van der Waals surface area (Å²) in [6.07, 6.45) is 0.991. The van der Waals surface area contributed by atoms with Gasteiger partial charge in [-0.3, -0.25) is 14.5 Å². The molecule has 2 unspecified atom stereocenters. The molecule has 4 aromatic carbocycles. The second-order valence-electron chi connectivity index (χ2n) is 10.1. The molecule has 0 bridgehead atoms. The number of benzene rings is 4. The van der Waals surface area contributed by atoms with Gasteiger partial charge in [0.25, 0.3) is 5.91 Å². The van der Waals surface area contributed by atoms with Gasteiger partial charge in [0.15, 0.2) is 5.78 Å². The Morgan fingerprint density at radius 3 is 2.00 bits per heavy atom. The summed E-state index contributed by atoms with van der Waals surface area (Å²) >= 11 is 0. The minimum absolute atomic E-state index is 0.00436. The van der Waals surface area contributed by atoms with E-state index in [1.807, 2.05) is 103 Å². The molecule has 200 valence electrons. The van der Waals surface area contributed by atoms with Crippen LogP contribution in [0.15, 0.2) is 114 Å². The van der Waals surface area contributed by atoms with Crippen LogP contribution in [0.25, 0.3) is 0 Å². The summed E-state index contributed by atoms with van der Waals surface area (Å²) in [4.78, 5) is 30.2. The number of para-hydroxylation sites is 2. The van der Waals surface area contributed by atoms with Crippen LogP contribution in [0.2, 0.25) is 0 Å². The Balaban J connectivity index is 1.53. The maximum atomic E-state index is 14.3. The maximum Gasteiger partial charge on any atom is 0.259 e. The Morgan fingerprint density at radius 1 is 0.750 bits per heavy atom. The lowest BCUT2D eigenvalue weighted by Gasteiger charge is -2.35. The van der Waals surface area contributed by atoms with E-state index in [-0.39, 0.29) is 17.6 Å². The number of hydrogen-bond acceptors (Lipinski definition) is 5. The normalized spacial score (nSPS) is 18.2. The SMILES string of the molecule is COc1ccc(C2CC(=O)C3=C(C2)Nc2ccccc2N(C(=O)c2ccccc2)C3c2ccc(OC)cc2)cc1. The molecule has 0 fully saturated rings. The van der Waals surface area contributed by atoms with Crippen molar-refractivity contribution in [3.05, 3.63) is 131 Å². The Kier molecular flexibility index (Phi) is 6.83. The van der Waals surface area contributed by atoms with Gasteiger partial charge in [-0.25, -0.2) is 0 Å². The lowest BCUT2D eigenvalue weighted by Crippen LogP contribution is -2.38. The molecule has 2 aliphatic rings. The van der Waals surface area contributed by atoms with Gasteiger partial charge in [0.2, 0.25) is 0 Å². The third-order valence-electron chi connectivity index (χ3n) is 7.75. The number of carbonyl (C=O) groups is 2. The van der Waals surface area contributed by atoms with Gasteiger partial charge in [-0.2, -0.15) is 0 Å². The van der Waals surface area contributed by atoms with Crippen molar-refractivity contribution in [3.63, 3.8) is 0 Å². The fraction of sp³-hybridized carbons (Fsp3) is 0.176. The summed E-state index contributed by atoms with van der Waals surface area (Å²) in [7, 11) is 3.27. The summed E-state index contributed by atoms with van der Waals surface area (Å²) < 4.78 is 10.7. The first-order valence-electron chi connectivity index (χ1n) is 13.4. The molecule has 40 heavy (non-hydrogen) atoms. The number of fused-ring (bicyclic) bond motifs is 1. The van der Waals surface area contributed by atoms with Crippen LogP contribution >= 0.6 is 0 Å². The van der Waals surface area contributed by atoms with Crippen molar-refractivity contribution in [2.75, 3.05) is 24.4 Å². The quantitative estimate of drug-likeness (QED) is 0.303. The van der Waals surface area contributed by atoms with E-state index in [0.29, 0.717) is 29.7 Å².